The van der Waals surface area contributed by atoms with Gasteiger partial charge in [0.2, 0.25) is 0 Å². The predicted octanol–water partition coefficient (Wildman–Crippen LogP) is 1.22. The van der Waals surface area contributed by atoms with Crippen LogP contribution in [0.3, 0.4) is 0 Å². The highest BCUT2D eigenvalue weighted by Crippen LogP contribution is 2.21. The van der Waals surface area contributed by atoms with Crippen molar-refractivity contribution in [3.63, 3.8) is 0 Å². The highest BCUT2D eigenvalue weighted by Gasteiger charge is 2.34. The molecular weight excluding hydrogens is 262 g/mol. The summed E-state index contributed by atoms with van der Waals surface area (Å²) in [6, 6.07) is 9.89. The maximum atomic E-state index is 5.21. The molecule has 2 aliphatic heterocycles. The molecule has 2 fully saturated rings. The molecule has 4 nitrogen and oxygen atoms in total. The highest BCUT2D eigenvalue weighted by molar-refractivity contribution is 5.27. The Morgan fingerprint density at radius 2 is 1.86 bits per heavy atom. The molecule has 1 aromatic carbocycles. The third kappa shape index (κ3) is 3.57. The fourth-order valence-electron chi connectivity index (χ4n) is 3.36. The van der Waals surface area contributed by atoms with Crippen LogP contribution in [0.5, 0.6) is 5.75 Å². The van der Waals surface area contributed by atoms with Gasteiger partial charge in [0.1, 0.15) is 5.75 Å². The van der Waals surface area contributed by atoms with Crippen molar-refractivity contribution in [2.75, 3.05) is 46.4 Å². The van der Waals surface area contributed by atoms with E-state index in [1.165, 1.54) is 31.7 Å². The van der Waals surface area contributed by atoms with Gasteiger partial charge in [0, 0.05) is 51.4 Å². The lowest BCUT2D eigenvalue weighted by atomic mass is 9.99. The minimum absolute atomic E-state index is 0.623. The zero-order chi connectivity index (χ0) is 14.7. The molecule has 1 unspecified atom stereocenters. The van der Waals surface area contributed by atoms with E-state index in [9.17, 15) is 0 Å². The van der Waals surface area contributed by atoms with Gasteiger partial charge in [-0.1, -0.05) is 12.1 Å². The van der Waals surface area contributed by atoms with E-state index in [0.717, 1.165) is 31.3 Å². The Kier molecular flexibility index (Phi) is 4.78. The Bertz CT molecular complexity index is 436. The maximum Gasteiger partial charge on any atom is 0.118 e. The minimum Gasteiger partial charge on any atom is -0.497 e. The molecule has 3 rings (SSSR count). The number of hydrogen-bond donors (Lipinski definition) is 1. The van der Waals surface area contributed by atoms with Crippen molar-refractivity contribution in [2.45, 2.75) is 25.4 Å². The topological polar surface area (TPSA) is 27.7 Å². The number of methoxy groups -OCH3 is 1. The van der Waals surface area contributed by atoms with Crippen LogP contribution in [-0.2, 0) is 6.42 Å². The van der Waals surface area contributed by atoms with Crippen LogP contribution in [0, 0.1) is 0 Å². The van der Waals surface area contributed by atoms with Crippen LogP contribution in [0.2, 0.25) is 0 Å². The number of hydrogen-bond acceptors (Lipinski definition) is 4. The van der Waals surface area contributed by atoms with E-state index >= 15 is 0 Å². The zero-order valence-corrected chi connectivity index (χ0v) is 13.2. The van der Waals surface area contributed by atoms with Crippen molar-refractivity contribution in [2.24, 2.45) is 0 Å². The molecule has 2 saturated heterocycles. The van der Waals surface area contributed by atoms with Gasteiger partial charge in [-0.2, -0.15) is 0 Å². The Morgan fingerprint density at radius 3 is 2.48 bits per heavy atom. The molecule has 0 aliphatic carbocycles. The molecular formula is C17H27N3O. The summed E-state index contributed by atoms with van der Waals surface area (Å²) < 4.78 is 5.21. The molecule has 2 heterocycles. The van der Waals surface area contributed by atoms with E-state index in [0.29, 0.717) is 6.04 Å². The van der Waals surface area contributed by atoms with Gasteiger partial charge in [-0.3, -0.25) is 9.80 Å². The van der Waals surface area contributed by atoms with Crippen molar-refractivity contribution in [1.29, 1.82) is 0 Å². The van der Waals surface area contributed by atoms with Gasteiger partial charge in [-0.25, -0.2) is 0 Å². The second-order valence-electron chi connectivity index (χ2n) is 6.29. The molecule has 1 N–H and O–H groups in total. The fourth-order valence-corrected chi connectivity index (χ4v) is 3.36. The number of likely N-dealkylation sites (tertiary alicyclic amines) is 1. The molecule has 1 aromatic rings. The van der Waals surface area contributed by atoms with Crippen LogP contribution >= 0.6 is 0 Å². The quantitative estimate of drug-likeness (QED) is 0.882. The van der Waals surface area contributed by atoms with E-state index in [1.807, 2.05) is 0 Å². The zero-order valence-electron chi connectivity index (χ0n) is 13.2. The average molecular weight is 289 g/mol. The third-order valence-corrected chi connectivity index (χ3v) is 4.87. The number of rotatable bonds is 5. The first-order valence-electron chi connectivity index (χ1n) is 8.08. The normalized spacial score (nSPS) is 22.8. The Morgan fingerprint density at radius 1 is 1.19 bits per heavy atom. The van der Waals surface area contributed by atoms with Crippen LogP contribution in [0.15, 0.2) is 24.3 Å². The first kappa shape index (κ1) is 14.8. The lowest BCUT2D eigenvalue weighted by molar-refractivity contribution is 0.00427. The lowest BCUT2D eigenvalue weighted by Crippen LogP contribution is -2.64. The fraction of sp³-hybridized carbons (Fsp3) is 0.647. The summed E-state index contributed by atoms with van der Waals surface area (Å²) in [5, 5.41) is 3.43. The number of benzene rings is 1. The standard InChI is InChI=1S/C17H27N3O/c1-14(11-15-3-5-17(21-2)6-4-15)20-12-16(13-20)19-9-7-18-8-10-19/h3-6,14,16,18H,7-13H2,1-2H3. The Labute approximate surface area is 128 Å². The molecule has 4 heteroatoms. The number of ether oxygens (including phenoxy) is 1. The van der Waals surface area contributed by atoms with E-state index in [2.05, 4.69) is 46.3 Å². The molecule has 0 saturated carbocycles. The molecule has 21 heavy (non-hydrogen) atoms. The number of piperazine rings is 1. The first-order chi connectivity index (χ1) is 10.3. The van der Waals surface area contributed by atoms with Crippen molar-refractivity contribution in [3.8, 4) is 5.75 Å². The first-order valence-corrected chi connectivity index (χ1v) is 8.08. The van der Waals surface area contributed by atoms with Crippen molar-refractivity contribution >= 4 is 0 Å². The molecule has 0 spiro atoms. The van der Waals surface area contributed by atoms with Gasteiger partial charge in [-0.15, -0.1) is 0 Å². The maximum absolute atomic E-state index is 5.21. The summed E-state index contributed by atoms with van der Waals surface area (Å²) in [7, 11) is 1.72. The monoisotopic (exact) mass is 289 g/mol. The van der Waals surface area contributed by atoms with Crippen LogP contribution in [0.25, 0.3) is 0 Å². The largest absolute Gasteiger partial charge is 0.497 e. The summed E-state index contributed by atoms with van der Waals surface area (Å²) in [5.41, 5.74) is 1.40. The van der Waals surface area contributed by atoms with Crippen LogP contribution in [-0.4, -0.2) is 68.3 Å². The van der Waals surface area contributed by atoms with Crippen LogP contribution in [0.4, 0.5) is 0 Å². The van der Waals surface area contributed by atoms with Gasteiger partial charge < -0.3 is 10.1 Å². The SMILES string of the molecule is COc1ccc(CC(C)N2CC(N3CCNCC3)C2)cc1. The highest BCUT2D eigenvalue weighted by atomic mass is 16.5. The van der Waals surface area contributed by atoms with E-state index in [1.54, 1.807) is 7.11 Å². The Balaban J connectivity index is 1.45. The van der Waals surface area contributed by atoms with Gasteiger partial charge >= 0.3 is 0 Å². The predicted molar refractivity (Wildman–Crippen MR) is 86.0 cm³/mol. The summed E-state index contributed by atoms with van der Waals surface area (Å²) in [4.78, 5) is 5.25. The Hall–Kier alpha value is -1.10. The second kappa shape index (κ2) is 6.77. The van der Waals surface area contributed by atoms with Crippen molar-refractivity contribution in [3.05, 3.63) is 29.8 Å². The van der Waals surface area contributed by atoms with Crippen LogP contribution < -0.4 is 10.1 Å². The number of nitrogens with one attached hydrogen (secondary N) is 1. The number of nitrogens with zero attached hydrogens (tertiary/aromatic N) is 2. The summed E-state index contributed by atoms with van der Waals surface area (Å²) >= 11 is 0. The molecule has 2 aliphatic rings. The van der Waals surface area contributed by atoms with E-state index in [4.69, 9.17) is 4.74 Å². The van der Waals surface area contributed by atoms with Crippen molar-refractivity contribution < 1.29 is 4.74 Å². The van der Waals surface area contributed by atoms with Gasteiger partial charge in [0.25, 0.3) is 0 Å². The molecule has 1 atom stereocenters. The molecule has 0 aromatic heterocycles. The minimum atomic E-state index is 0.623. The smallest absolute Gasteiger partial charge is 0.118 e. The average Bonchev–Trinajstić information content (AvgIpc) is 2.47. The summed E-state index contributed by atoms with van der Waals surface area (Å²) in [6.45, 7) is 9.54. The van der Waals surface area contributed by atoms with Gasteiger partial charge in [0.15, 0.2) is 0 Å². The summed E-state index contributed by atoms with van der Waals surface area (Å²) in [5.74, 6) is 0.939. The van der Waals surface area contributed by atoms with E-state index in [-0.39, 0.29) is 0 Å². The van der Waals surface area contributed by atoms with Gasteiger partial charge in [-0.05, 0) is 31.0 Å². The molecule has 116 valence electrons. The van der Waals surface area contributed by atoms with Gasteiger partial charge in [0.05, 0.1) is 7.11 Å². The van der Waals surface area contributed by atoms with Crippen LogP contribution in [0.1, 0.15) is 12.5 Å². The second-order valence-corrected chi connectivity index (χ2v) is 6.29. The molecule has 0 amide bonds. The molecule has 0 radical (unpaired) electrons. The lowest BCUT2D eigenvalue weighted by Gasteiger charge is -2.49. The molecule has 0 bridgehead atoms. The third-order valence-electron chi connectivity index (χ3n) is 4.87. The summed E-state index contributed by atoms with van der Waals surface area (Å²) in [6.07, 6.45) is 1.12. The van der Waals surface area contributed by atoms with Crippen molar-refractivity contribution in [1.82, 2.24) is 15.1 Å². The van der Waals surface area contributed by atoms with E-state index < -0.39 is 0 Å².